The van der Waals surface area contributed by atoms with E-state index in [-0.39, 0.29) is 5.75 Å². The Balaban J connectivity index is 1.48. The molecule has 2 aliphatic heterocycles. The van der Waals surface area contributed by atoms with Crippen molar-refractivity contribution in [2.45, 2.75) is 30.1 Å². The van der Waals surface area contributed by atoms with Gasteiger partial charge in [-0.1, -0.05) is 30.3 Å². The highest BCUT2D eigenvalue weighted by Gasteiger charge is 2.49. The largest absolute Gasteiger partial charge is 0.382 e. The molecule has 0 amide bonds. The van der Waals surface area contributed by atoms with Gasteiger partial charge in [-0.2, -0.15) is 12.8 Å². The highest BCUT2D eigenvalue weighted by atomic mass is 32.2. The first-order chi connectivity index (χ1) is 17.4. The molecule has 0 saturated heterocycles. The molecule has 1 aliphatic carbocycles. The first-order valence-corrected chi connectivity index (χ1v) is 13.3. The van der Waals surface area contributed by atoms with Crippen LogP contribution in [-0.2, 0) is 15.7 Å². The van der Waals surface area contributed by atoms with Gasteiger partial charge in [0.2, 0.25) is 5.95 Å². The van der Waals surface area contributed by atoms with Crippen molar-refractivity contribution in [1.29, 1.82) is 0 Å². The Labute approximate surface area is 208 Å². The van der Waals surface area contributed by atoms with Gasteiger partial charge in [0.05, 0.1) is 5.25 Å². The van der Waals surface area contributed by atoms with Gasteiger partial charge in [0.15, 0.2) is 11.5 Å². The lowest BCUT2D eigenvalue weighted by molar-refractivity contribution is 0.484. The van der Waals surface area contributed by atoms with E-state index in [0.717, 1.165) is 17.5 Å². The van der Waals surface area contributed by atoms with Crippen LogP contribution in [0.5, 0.6) is 5.75 Å². The maximum atomic E-state index is 14.5. The summed E-state index contributed by atoms with van der Waals surface area (Å²) in [7, 11) is -3.63. The molecule has 1 unspecified atom stereocenters. The quantitative estimate of drug-likeness (QED) is 0.406. The second kappa shape index (κ2) is 8.41. The zero-order valence-corrected chi connectivity index (χ0v) is 20.2. The first-order valence-electron chi connectivity index (χ1n) is 11.8. The van der Waals surface area contributed by atoms with E-state index < -0.39 is 26.9 Å². The number of aliphatic imine (C=N–C) groups is 2. The number of rotatable bonds is 6. The number of nitrogens with two attached hydrogens (primary N) is 1. The van der Waals surface area contributed by atoms with Crippen LogP contribution in [0.2, 0.25) is 0 Å². The lowest BCUT2D eigenvalue weighted by Gasteiger charge is -2.33. The molecule has 3 aromatic rings. The van der Waals surface area contributed by atoms with Crippen LogP contribution in [-0.4, -0.2) is 48.4 Å². The number of nitrogens with zero attached hydrogens (tertiary/aromatic N) is 4. The summed E-state index contributed by atoms with van der Waals surface area (Å²) in [5.41, 5.74) is 7.84. The maximum Gasteiger partial charge on any atom is 0.312 e. The molecule has 2 N–H and O–H groups in total. The van der Waals surface area contributed by atoms with Crippen LogP contribution in [0.1, 0.15) is 30.4 Å². The van der Waals surface area contributed by atoms with E-state index in [0.29, 0.717) is 48.9 Å². The molecule has 1 fully saturated rings. The zero-order chi connectivity index (χ0) is 24.9. The van der Waals surface area contributed by atoms with Crippen LogP contribution in [0.25, 0.3) is 11.1 Å². The molecule has 3 aliphatic rings. The summed E-state index contributed by atoms with van der Waals surface area (Å²) in [6.45, 7) is 1.32. The van der Waals surface area contributed by atoms with Crippen molar-refractivity contribution in [2.24, 2.45) is 15.7 Å². The van der Waals surface area contributed by atoms with Crippen LogP contribution < -0.4 is 9.92 Å². The zero-order valence-electron chi connectivity index (χ0n) is 19.3. The molecule has 1 atom stereocenters. The Morgan fingerprint density at radius 3 is 2.61 bits per heavy atom. The lowest BCUT2D eigenvalue weighted by atomic mass is 9.81. The fraction of sp³-hybridized carbons (Fsp3) is 0.269. The van der Waals surface area contributed by atoms with Gasteiger partial charge in [-0.3, -0.25) is 9.89 Å². The number of hydrogen-bond donors (Lipinski definition) is 1. The highest BCUT2D eigenvalue weighted by molar-refractivity contribution is 7.88. The molecular weight excluding hydrogens is 481 g/mol. The van der Waals surface area contributed by atoms with Crippen molar-refractivity contribution < 1.29 is 17.0 Å². The monoisotopic (exact) mass is 505 g/mol. The summed E-state index contributed by atoms with van der Waals surface area (Å²) in [6.07, 6.45) is 3.51. The predicted octanol–water partition coefficient (Wildman–Crippen LogP) is 3.43. The summed E-state index contributed by atoms with van der Waals surface area (Å²) in [6, 6.07) is 17.6. The SMILES string of the molecule is NC1=NC(c2ccc(OS(=O)(=O)C3CC3)cc2)(c2cccc(-c3cccnc3F)c2)C2=NCCCN12. The number of benzene rings is 2. The van der Waals surface area contributed by atoms with Crippen LogP contribution in [0, 0.1) is 5.95 Å². The van der Waals surface area contributed by atoms with Crippen LogP contribution >= 0.6 is 0 Å². The number of aromatic nitrogens is 1. The van der Waals surface area contributed by atoms with Crippen molar-refractivity contribution in [3.05, 3.63) is 83.9 Å². The van der Waals surface area contributed by atoms with Gasteiger partial charge in [0.25, 0.3) is 0 Å². The smallest absolute Gasteiger partial charge is 0.312 e. The molecule has 184 valence electrons. The third-order valence-corrected chi connectivity index (χ3v) is 8.42. The minimum absolute atomic E-state index is 0.240. The minimum atomic E-state index is -3.63. The molecule has 1 saturated carbocycles. The van der Waals surface area contributed by atoms with E-state index in [4.69, 9.17) is 19.9 Å². The molecular formula is C26H24FN5O3S. The second-order valence-electron chi connectivity index (χ2n) is 9.11. The van der Waals surface area contributed by atoms with Crippen LogP contribution in [0.3, 0.4) is 0 Å². The van der Waals surface area contributed by atoms with Gasteiger partial charge >= 0.3 is 10.1 Å². The Morgan fingerprint density at radius 2 is 1.86 bits per heavy atom. The Kier molecular flexibility index (Phi) is 5.29. The molecule has 0 bridgehead atoms. The van der Waals surface area contributed by atoms with Gasteiger partial charge in [0, 0.05) is 24.8 Å². The van der Waals surface area contributed by atoms with Gasteiger partial charge in [0.1, 0.15) is 11.6 Å². The summed E-state index contributed by atoms with van der Waals surface area (Å²) in [5, 5.41) is -0.427. The van der Waals surface area contributed by atoms with Gasteiger partial charge in [-0.25, -0.2) is 9.98 Å². The average molecular weight is 506 g/mol. The maximum absolute atomic E-state index is 14.5. The summed E-state index contributed by atoms with van der Waals surface area (Å²) < 4.78 is 44.4. The molecule has 6 rings (SSSR count). The second-order valence-corrected chi connectivity index (χ2v) is 10.9. The topological polar surface area (TPSA) is 110 Å². The number of amidine groups is 1. The normalized spacial score (nSPS) is 21.5. The number of pyridine rings is 1. The average Bonchev–Trinajstić information content (AvgIpc) is 3.71. The van der Waals surface area contributed by atoms with Crippen molar-refractivity contribution >= 4 is 21.9 Å². The van der Waals surface area contributed by atoms with Crippen molar-refractivity contribution in [1.82, 2.24) is 9.88 Å². The Bertz CT molecular complexity index is 1500. The third-order valence-electron chi connectivity index (χ3n) is 6.71. The predicted molar refractivity (Wildman–Crippen MR) is 135 cm³/mol. The van der Waals surface area contributed by atoms with E-state index in [1.54, 1.807) is 36.4 Å². The van der Waals surface area contributed by atoms with Crippen molar-refractivity contribution in [2.75, 3.05) is 13.1 Å². The number of guanidine groups is 1. The summed E-state index contributed by atoms with van der Waals surface area (Å²) in [4.78, 5) is 15.4. The van der Waals surface area contributed by atoms with E-state index >= 15 is 0 Å². The van der Waals surface area contributed by atoms with E-state index in [2.05, 4.69) is 4.98 Å². The molecule has 0 radical (unpaired) electrons. The third kappa shape index (κ3) is 3.72. The molecule has 1 aromatic heterocycles. The standard InChI is InChI=1S/C26H24FN5O3S/c27-23-22(6-2-13-29-23)17-4-1-5-19(16-17)26(24-30-14-3-15-32(24)25(28)31-26)18-7-9-20(10-8-18)35-36(33,34)21-11-12-21/h1-2,4-10,13,16,21H,3,11-12,14-15H2,(H2,28,31). The molecule has 8 nitrogen and oxygen atoms in total. The number of halogens is 1. The molecule has 0 spiro atoms. The van der Waals surface area contributed by atoms with E-state index in [1.165, 1.54) is 6.20 Å². The fourth-order valence-corrected chi connectivity index (χ4v) is 6.03. The number of fused-ring (bicyclic) bond motifs is 1. The lowest BCUT2D eigenvalue weighted by Crippen LogP contribution is -2.46. The van der Waals surface area contributed by atoms with Crippen molar-refractivity contribution in [3.63, 3.8) is 0 Å². The molecule has 2 aromatic carbocycles. The van der Waals surface area contributed by atoms with Gasteiger partial charge < -0.3 is 9.92 Å². The molecule has 3 heterocycles. The van der Waals surface area contributed by atoms with Crippen molar-refractivity contribution in [3.8, 4) is 16.9 Å². The molecule has 10 heteroatoms. The summed E-state index contributed by atoms with van der Waals surface area (Å²) in [5.74, 6) is 0.717. The Hall–Kier alpha value is -3.79. The van der Waals surface area contributed by atoms with Gasteiger partial charge in [-0.05, 0) is 66.3 Å². The number of hydrogen-bond acceptors (Lipinski definition) is 8. The Morgan fingerprint density at radius 1 is 1.06 bits per heavy atom. The molecule has 36 heavy (non-hydrogen) atoms. The first kappa shape index (κ1) is 22.7. The van der Waals surface area contributed by atoms with Gasteiger partial charge in [-0.15, -0.1) is 0 Å². The highest BCUT2D eigenvalue weighted by Crippen LogP contribution is 2.43. The van der Waals surface area contributed by atoms with Crippen LogP contribution in [0.4, 0.5) is 4.39 Å². The summed E-state index contributed by atoms with van der Waals surface area (Å²) >= 11 is 0. The van der Waals surface area contributed by atoms with E-state index in [9.17, 15) is 12.8 Å². The van der Waals surface area contributed by atoms with Crippen LogP contribution in [0.15, 0.2) is 76.8 Å². The fourth-order valence-electron chi connectivity index (χ4n) is 4.80. The van der Waals surface area contributed by atoms with E-state index in [1.807, 2.05) is 29.2 Å². The minimum Gasteiger partial charge on any atom is -0.382 e.